The Kier molecular flexibility index (Phi) is 7.51. The van der Waals surface area contributed by atoms with Crippen LogP contribution in [-0.4, -0.2) is 0 Å². The molecule has 0 heterocycles. The molecule has 0 amide bonds. The van der Waals surface area contributed by atoms with Crippen LogP contribution in [0, 0.1) is 0 Å². The smallest absolute Gasteiger partial charge is 0.127 e. The molecule has 0 aliphatic rings. The summed E-state index contributed by atoms with van der Waals surface area (Å²) in [7, 11) is 0. The van der Waals surface area contributed by atoms with Gasteiger partial charge in [0.15, 0.2) is 0 Å². The van der Waals surface area contributed by atoms with Crippen molar-refractivity contribution < 1.29 is 4.74 Å². The first-order chi connectivity index (χ1) is 11.3. The average molecular weight is 311 g/mol. The molecule has 0 atom stereocenters. The second kappa shape index (κ2) is 9.94. The van der Waals surface area contributed by atoms with Gasteiger partial charge in [-0.15, -0.1) is 0 Å². The van der Waals surface area contributed by atoms with Crippen LogP contribution in [0.15, 0.2) is 48.5 Å². The molecule has 23 heavy (non-hydrogen) atoms. The Balaban J connectivity index is 1.69. The molecule has 0 saturated heterocycles. The van der Waals surface area contributed by atoms with Crippen molar-refractivity contribution in [3.63, 3.8) is 0 Å². The van der Waals surface area contributed by atoms with E-state index in [1.807, 2.05) is 36.4 Å². The molecule has 0 aliphatic carbocycles. The monoisotopic (exact) mass is 311 g/mol. The van der Waals surface area contributed by atoms with Gasteiger partial charge in [0, 0.05) is 5.69 Å². The van der Waals surface area contributed by atoms with E-state index in [0.29, 0.717) is 0 Å². The second-order valence-electron chi connectivity index (χ2n) is 6.19. The van der Waals surface area contributed by atoms with E-state index in [-0.39, 0.29) is 0 Å². The zero-order valence-electron chi connectivity index (χ0n) is 14.3. The summed E-state index contributed by atoms with van der Waals surface area (Å²) in [5, 5.41) is 0. The minimum Gasteiger partial charge on any atom is -0.457 e. The van der Waals surface area contributed by atoms with Crippen molar-refractivity contribution in [3.05, 3.63) is 54.1 Å². The summed E-state index contributed by atoms with van der Waals surface area (Å²) >= 11 is 0. The van der Waals surface area contributed by atoms with Crippen molar-refractivity contribution in [1.29, 1.82) is 0 Å². The Morgan fingerprint density at radius 3 is 1.83 bits per heavy atom. The minimum atomic E-state index is 0.752. The lowest BCUT2D eigenvalue weighted by atomic mass is 10.0. The standard InChI is InChI=1S/C21H29NO/c1-2-3-4-5-6-7-8-9-18-10-14-20(15-11-18)23-21-16-12-19(22)13-17-21/h10-17H,2-9,22H2,1H3. The maximum atomic E-state index is 5.81. The molecule has 0 bridgehead atoms. The van der Waals surface area contributed by atoms with E-state index in [1.54, 1.807) is 0 Å². The van der Waals surface area contributed by atoms with E-state index in [9.17, 15) is 0 Å². The van der Waals surface area contributed by atoms with Crippen molar-refractivity contribution in [2.24, 2.45) is 0 Å². The number of hydrogen-bond donors (Lipinski definition) is 1. The number of rotatable bonds is 10. The van der Waals surface area contributed by atoms with Crippen molar-refractivity contribution in [1.82, 2.24) is 0 Å². The molecule has 2 N–H and O–H groups in total. The lowest BCUT2D eigenvalue weighted by molar-refractivity contribution is 0.482. The molecule has 2 nitrogen and oxygen atoms in total. The molecule has 0 spiro atoms. The number of nitrogens with two attached hydrogens (primary N) is 1. The maximum Gasteiger partial charge on any atom is 0.127 e. The summed E-state index contributed by atoms with van der Waals surface area (Å²) in [6, 6.07) is 15.9. The van der Waals surface area contributed by atoms with E-state index in [4.69, 9.17) is 10.5 Å². The summed E-state index contributed by atoms with van der Waals surface area (Å²) < 4.78 is 5.81. The van der Waals surface area contributed by atoms with Crippen LogP contribution in [0.2, 0.25) is 0 Å². The highest BCUT2D eigenvalue weighted by molar-refractivity contribution is 5.43. The Labute approximate surface area is 140 Å². The number of hydrogen-bond acceptors (Lipinski definition) is 2. The number of aryl methyl sites for hydroxylation is 1. The third-order valence-electron chi connectivity index (χ3n) is 4.11. The van der Waals surface area contributed by atoms with Gasteiger partial charge in [-0.05, 0) is 54.8 Å². The Morgan fingerprint density at radius 2 is 1.22 bits per heavy atom. The average Bonchev–Trinajstić information content (AvgIpc) is 2.58. The zero-order valence-corrected chi connectivity index (χ0v) is 14.3. The molecule has 0 fully saturated rings. The van der Waals surface area contributed by atoms with E-state index < -0.39 is 0 Å². The van der Waals surface area contributed by atoms with Crippen LogP contribution in [0.5, 0.6) is 11.5 Å². The highest BCUT2D eigenvalue weighted by atomic mass is 16.5. The quantitative estimate of drug-likeness (QED) is 0.409. The third kappa shape index (κ3) is 6.77. The highest BCUT2D eigenvalue weighted by Crippen LogP contribution is 2.23. The molecular formula is C21H29NO. The Hall–Kier alpha value is -1.96. The first-order valence-electron chi connectivity index (χ1n) is 8.90. The molecule has 2 rings (SSSR count). The number of nitrogen functional groups attached to an aromatic ring is 1. The van der Waals surface area contributed by atoms with Gasteiger partial charge in [0.2, 0.25) is 0 Å². The molecule has 0 aliphatic heterocycles. The van der Waals surface area contributed by atoms with Crippen LogP contribution in [0.1, 0.15) is 57.4 Å². The topological polar surface area (TPSA) is 35.2 Å². The first kappa shape index (κ1) is 17.4. The van der Waals surface area contributed by atoms with Gasteiger partial charge >= 0.3 is 0 Å². The van der Waals surface area contributed by atoms with E-state index >= 15 is 0 Å². The molecule has 2 heteroatoms. The molecule has 0 aromatic heterocycles. The predicted octanol–water partition coefficient (Wildman–Crippen LogP) is 6.35. The fraction of sp³-hybridized carbons (Fsp3) is 0.429. The van der Waals surface area contributed by atoms with E-state index in [0.717, 1.165) is 23.6 Å². The summed E-state index contributed by atoms with van der Waals surface area (Å²) in [6.45, 7) is 2.26. The van der Waals surface area contributed by atoms with Gasteiger partial charge in [0.05, 0.1) is 0 Å². The van der Waals surface area contributed by atoms with Gasteiger partial charge in [-0.25, -0.2) is 0 Å². The Bertz CT molecular complexity index is 545. The van der Waals surface area contributed by atoms with Crippen molar-refractivity contribution in [2.75, 3.05) is 5.73 Å². The summed E-state index contributed by atoms with van der Waals surface area (Å²) in [4.78, 5) is 0. The highest BCUT2D eigenvalue weighted by Gasteiger charge is 1.99. The van der Waals surface area contributed by atoms with Crippen LogP contribution < -0.4 is 10.5 Å². The molecule has 2 aromatic carbocycles. The summed E-state index contributed by atoms with van der Waals surface area (Å²) in [6.07, 6.45) is 10.7. The number of anilines is 1. The van der Waals surface area contributed by atoms with Crippen LogP contribution in [0.3, 0.4) is 0 Å². The lowest BCUT2D eigenvalue weighted by Gasteiger charge is -2.07. The number of ether oxygens (including phenoxy) is 1. The predicted molar refractivity (Wildman–Crippen MR) is 99.1 cm³/mol. The molecule has 124 valence electrons. The molecule has 0 unspecified atom stereocenters. The summed E-state index contributed by atoms with van der Waals surface area (Å²) in [5.74, 6) is 1.69. The largest absolute Gasteiger partial charge is 0.457 e. The van der Waals surface area contributed by atoms with Gasteiger partial charge in [-0.3, -0.25) is 0 Å². The molecule has 0 radical (unpaired) electrons. The lowest BCUT2D eigenvalue weighted by Crippen LogP contribution is -1.89. The van der Waals surface area contributed by atoms with Gasteiger partial charge in [0.1, 0.15) is 11.5 Å². The van der Waals surface area contributed by atoms with Crippen LogP contribution in [0.4, 0.5) is 5.69 Å². The van der Waals surface area contributed by atoms with Gasteiger partial charge in [-0.2, -0.15) is 0 Å². The Morgan fingerprint density at radius 1 is 0.696 bits per heavy atom. The fourth-order valence-electron chi connectivity index (χ4n) is 2.68. The van der Waals surface area contributed by atoms with Crippen molar-refractivity contribution in [2.45, 2.75) is 58.3 Å². The number of unbranched alkanes of at least 4 members (excludes halogenated alkanes) is 6. The van der Waals surface area contributed by atoms with Crippen LogP contribution >= 0.6 is 0 Å². The molecule has 0 saturated carbocycles. The van der Waals surface area contributed by atoms with Crippen molar-refractivity contribution >= 4 is 5.69 Å². The van der Waals surface area contributed by atoms with Crippen LogP contribution in [-0.2, 0) is 6.42 Å². The van der Waals surface area contributed by atoms with Crippen LogP contribution in [0.25, 0.3) is 0 Å². The molecular weight excluding hydrogens is 282 g/mol. The van der Waals surface area contributed by atoms with Gasteiger partial charge < -0.3 is 10.5 Å². The van der Waals surface area contributed by atoms with Gasteiger partial charge in [-0.1, -0.05) is 57.6 Å². The normalized spacial score (nSPS) is 10.7. The fourth-order valence-corrected chi connectivity index (χ4v) is 2.68. The molecule has 2 aromatic rings. The number of benzene rings is 2. The zero-order chi connectivity index (χ0) is 16.3. The SMILES string of the molecule is CCCCCCCCCc1ccc(Oc2ccc(N)cc2)cc1. The first-order valence-corrected chi connectivity index (χ1v) is 8.90. The van der Waals surface area contributed by atoms with E-state index in [1.165, 1.54) is 50.5 Å². The maximum absolute atomic E-state index is 5.81. The minimum absolute atomic E-state index is 0.752. The summed E-state index contributed by atoms with van der Waals surface area (Å²) in [5.41, 5.74) is 7.82. The van der Waals surface area contributed by atoms with Crippen molar-refractivity contribution in [3.8, 4) is 11.5 Å². The third-order valence-corrected chi connectivity index (χ3v) is 4.11. The second-order valence-corrected chi connectivity index (χ2v) is 6.19. The van der Waals surface area contributed by atoms with Gasteiger partial charge in [0.25, 0.3) is 0 Å². The van der Waals surface area contributed by atoms with E-state index in [2.05, 4.69) is 19.1 Å².